The van der Waals surface area contributed by atoms with E-state index in [0.29, 0.717) is 13.1 Å². The van der Waals surface area contributed by atoms with E-state index in [1.54, 1.807) is 38.1 Å². The Balaban J connectivity index is 1.76. The highest BCUT2D eigenvalue weighted by Gasteiger charge is 2.18. The summed E-state index contributed by atoms with van der Waals surface area (Å²) >= 11 is 0. The maximum absolute atomic E-state index is 12.1. The number of carbonyl (C=O) groups excluding carboxylic acids is 1. The number of rotatable bonds is 6. The van der Waals surface area contributed by atoms with Crippen LogP contribution in [0.2, 0.25) is 0 Å². The summed E-state index contributed by atoms with van der Waals surface area (Å²) in [5.41, 5.74) is 0.770. The van der Waals surface area contributed by atoms with Crippen LogP contribution in [0.3, 0.4) is 0 Å². The van der Waals surface area contributed by atoms with Crippen molar-refractivity contribution in [1.82, 2.24) is 10.2 Å². The molecule has 0 atom stereocenters. The van der Waals surface area contributed by atoms with E-state index >= 15 is 0 Å². The zero-order valence-electron chi connectivity index (χ0n) is 15.3. The van der Waals surface area contributed by atoms with Crippen LogP contribution in [-0.2, 0) is 25.8 Å². The molecule has 142 valence electrons. The molecule has 26 heavy (non-hydrogen) atoms. The second kappa shape index (κ2) is 9.72. The topological polar surface area (TPSA) is 75.7 Å². The number of sulfone groups is 1. The summed E-state index contributed by atoms with van der Waals surface area (Å²) in [7, 11) is -3.28. The zero-order valence-corrected chi connectivity index (χ0v) is 16.1. The third-order valence-electron chi connectivity index (χ3n) is 4.14. The normalized spacial score (nSPS) is 15.3. The van der Waals surface area contributed by atoms with Gasteiger partial charge in [-0.3, -0.25) is 9.69 Å². The number of hydrogen-bond acceptors (Lipinski definition) is 5. The van der Waals surface area contributed by atoms with Crippen molar-refractivity contribution in [2.24, 2.45) is 0 Å². The molecule has 1 amide bonds. The zero-order chi connectivity index (χ0) is 19.0. The van der Waals surface area contributed by atoms with Gasteiger partial charge in [-0.15, -0.1) is 0 Å². The molecule has 1 fully saturated rings. The lowest BCUT2D eigenvalue weighted by molar-refractivity contribution is -0.120. The van der Waals surface area contributed by atoms with E-state index in [4.69, 9.17) is 4.74 Å². The van der Waals surface area contributed by atoms with Crippen LogP contribution in [0, 0.1) is 11.8 Å². The molecule has 1 aliphatic heterocycles. The molecule has 0 saturated carbocycles. The first kappa shape index (κ1) is 20.4. The van der Waals surface area contributed by atoms with Crippen molar-refractivity contribution in [3.63, 3.8) is 0 Å². The molecule has 0 spiro atoms. The van der Waals surface area contributed by atoms with E-state index in [1.165, 1.54) is 0 Å². The molecule has 6 nitrogen and oxygen atoms in total. The first-order chi connectivity index (χ1) is 12.4. The molecule has 0 unspecified atom stereocenters. The largest absolute Gasteiger partial charge is 0.379 e. The van der Waals surface area contributed by atoms with Gasteiger partial charge in [0.2, 0.25) is 5.91 Å². The fourth-order valence-electron chi connectivity index (χ4n) is 2.45. The van der Waals surface area contributed by atoms with Gasteiger partial charge in [-0.25, -0.2) is 8.42 Å². The van der Waals surface area contributed by atoms with Crippen LogP contribution in [0.1, 0.15) is 19.4 Å². The fourth-order valence-corrected chi connectivity index (χ4v) is 3.51. The number of nitrogens with zero attached hydrogens (tertiary/aromatic N) is 1. The van der Waals surface area contributed by atoms with Crippen LogP contribution in [0.15, 0.2) is 29.2 Å². The van der Waals surface area contributed by atoms with E-state index in [0.717, 1.165) is 31.9 Å². The Kier molecular flexibility index (Phi) is 7.64. The van der Waals surface area contributed by atoms with E-state index in [-0.39, 0.29) is 17.2 Å². The maximum Gasteiger partial charge on any atom is 0.225 e. The van der Waals surface area contributed by atoms with E-state index < -0.39 is 15.1 Å². The lowest BCUT2D eigenvalue weighted by atomic mass is 10.1. The summed E-state index contributed by atoms with van der Waals surface area (Å²) in [6.45, 7) is 7.57. The second-order valence-electron chi connectivity index (χ2n) is 6.43. The highest BCUT2D eigenvalue weighted by Crippen LogP contribution is 2.16. The van der Waals surface area contributed by atoms with Gasteiger partial charge in [-0.2, -0.15) is 0 Å². The molecule has 0 radical (unpaired) electrons. The van der Waals surface area contributed by atoms with Crippen molar-refractivity contribution < 1.29 is 17.9 Å². The second-order valence-corrected chi connectivity index (χ2v) is 8.94. The predicted molar refractivity (Wildman–Crippen MR) is 101 cm³/mol. The first-order valence-electron chi connectivity index (χ1n) is 8.75. The number of hydrogen-bond donors (Lipinski definition) is 1. The molecule has 0 aromatic heterocycles. The summed E-state index contributed by atoms with van der Waals surface area (Å²) in [4.78, 5) is 14.4. The van der Waals surface area contributed by atoms with Gasteiger partial charge in [0.25, 0.3) is 0 Å². The minimum atomic E-state index is -3.28. The van der Waals surface area contributed by atoms with Crippen molar-refractivity contribution in [3.05, 3.63) is 29.8 Å². The molecule has 1 aromatic carbocycles. The highest BCUT2D eigenvalue weighted by atomic mass is 32.2. The Morgan fingerprint density at radius 2 is 1.85 bits per heavy atom. The van der Waals surface area contributed by atoms with Gasteiger partial charge in [-0.05, 0) is 31.5 Å². The Labute approximate surface area is 155 Å². The number of benzene rings is 1. The molecule has 1 N–H and O–H groups in total. The van der Waals surface area contributed by atoms with Crippen LogP contribution in [0.5, 0.6) is 0 Å². The smallest absolute Gasteiger partial charge is 0.225 e. The minimum absolute atomic E-state index is 0.134. The summed E-state index contributed by atoms with van der Waals surface area (Å²) in [6, 6.07) is 6.47. The Bertz CT molecular complexity index is 755. The van der Waals surface area contributed by atoms with Gasteiger partial charge in [0.15, 0.2) is 9.84 Å². The third kappa shape index (κ3) is 6.13. The molecule has 1 saturated heterocycles. The SMILES string of the molecule is CC(C)S(=O)(=O)c1ccc(CC(=O)NCC#CCN2CCOCC2)cc1. The molecule has 7 heteroatoms. The number of morpholine rings is 1. The molecule has 1 heterocycles. The van der Waals surface area contributed by atoms with Gasteiger partial charge in [0.1, 0.15) is 0 Å². The molecule has 0 bridgehead atoms. The number of nitrogens with one attached hydrogen (secondary N) is 1. The minimum Gasteiger partial charge on any atom is -0.379 e. The van der Waals surface area contributed by atoms with Crippen LogP contribution in [0.4, 0.5) is 0 Å². The first-order valence-corrected chi connectivity index (χ1v) is 10.3. The Morgan fingerprint density at radius 1 is 1.19 bits per heavy atom. The van der Waals surface area contributed by atoms with Crippen molar-refractivity contribution in [3.8, 4) is 11.8 Å². The molecule has 1 aromatic rings. The van der Waals surface area contributed by atoms with Crippen molar-refractivity contribution in [1.29, 1.82) is 0 Å². The molecule has 0 aliphatic carbocycles. The standard InChI is InChI=1S/C19H26N2O4S/c1-16(2)26(23,24)18-7-5-17(6-8-18)15-19(22)20-9-3-4-10-21-11-13-25-14-12-21/h5-8,16H,9-15H2,1-2H3,(H,20,22). The molecule has 2 rings (SSSR count). The summed E-state index contributed by atoms with van der Waals surface area (Å²) in [5.74, 6) is 5.86. The quantitative estimate of drug-likeness (QED) is 0.743. The molecule has 1 aliphatic rings. The summed E-state index contributed by atoms with van der Waals surface area (Å²) in [6.07, 6.45) is 0.202. The van der Waals surface area contributed by atoms with Crippen LogP contribution in [0.25, 0.3) is 0 Å². The van der Waals surface area contributed by atoms with Crippen LogP contribution >= 0.6 is 0 Å². The van der Waals surface area contributed by atoms with E-state index in [2.05, 4.69) is 22.1 Å². The van der Waals surface area contributed by atoms with Crippen molar-refractivity contribution in [2.75, 3.05) is 39.4 Å². The van der Waals surface area contributed by atoms with Gasteiger partial charge >= 0.3 is 0 Å². The average molecular weight is 378 g/mol. The highest BCUT2D eigenvalue weighted by molar-refractivity contribution is 7.92. The number of ether oxygens (including phenoxy) is 1. The summed E-state index contributed by atoms with van der Waals surface area (Å²) in [5, 5.41) is 2.29. The van der Waals surface area contributed by atoms with E-state index in [1.807, 2.05) is 0 Å². The number of carbonyl (C=O) groups is 1. The van der Waals surface area contributed by atoms with Gasteiger partial charge < -0.3 is 10.1 Å². The van der Waals surface area contributed by atoms with Crippen LogP contribution in [-0.4, -0.2) is 63.9 Å². The van der Waals surface area contributed by atoms with Crippen molar-refractivity contribution in [2.45, 2.75) is 30.4 Å². The maximum atomic E-state index is 12.1. The molecular formula is C19H26N2O4S. The predicted octanol–water partition coefficient (Wildman–Crippen LogP) is 0.863. The number of amides is 1. The monoisotopic (exact) mass is 378 g/mol. The Morgan fingerprint density at radius 3 is 2.46 bits per heavy atom. The Hall–Kier alpha value is -1.88. The van der Waals surface area contributed by atoms with Crippen LogP contribution < -0.4 is 5.32 Å². The average Bonchev–Trinajstić information content (AvgIpc) is 2.62. The van der Waals surface area contributed by atoms with E-state index in [9.17, 15) is 13.2 Å². The third-order valence-corrected chi connectivity index (χ3v) is 6.31. The molecular weight excluding hydrogens is 352 g/mol. The van der Waals surface area contributed by atoms with Crippen molar-refractivity contribution >= 4 is 15.7 Å². The van der Waals surface area contributed by atoms with Gasteiger partial charge in [0.05, 0.1) is 42.9 Å². The lowest BCUT2D eigenvalue weighted by Crippen LogP contribution is -2.36. The van der Waals surface area contributed by atoms with Gasteiger partial charge in [0, 0.05) is 13.1 Å². The summed E-state index contributed by atoms with van der Waals surface area (Å²) < 4.78 is 29.4. The van der Waals surface area contributed by atoms with Gasteiger partial charge in [-0.1, -0.05) is 24.0 Å². The fraction of sp³-hybridized carbons (Fsp3) is 0.526. The lowest BCUT2D eigenvalue weighted by Gasteiger charge is -2.24.